The third-order valence-corrected chi connectivity index (χ3v) is 4.67. The lowest BCUT2D eigenvalue weighted by Crippen LogP contribution is -2.21. The van der Waals surface area contributed by atoms with Gasteiger partial charge in [-0.3, -0.25) is 4.79 Å². The van der Waals surface area contributed by atoms with Crippen molar-refractivity contribution in [1.29, 1.82) is 0 Å². The van der Waals surface area contributed by atoms with Crippen LogP contribution in [0.15, 0.2) is 0 Å². The van der Waals surface area contributed by atoms with Gasteiger partial charge in [0.2, 0.25) is 0 Å². The highest BCUT2D eigenvalue weighted by Crippen LogP contribution is 2.31. The second-order valence-corrected chi connectivity index (χ2v) is 6.13. The van der Waals surface area contributed by atoms with Gasteiger partial charge >= 0.3 is 5.97 Å². The predicted octanol–water partition coefficient (Wildman–Crippen LogP) is 3.12. The summed E-state index contributed by atoms with van der Waals surface area (Å²) in [7, 11) is 0. The molecule has 20 heavy (non-hydrogen) atoms. The number of ketones is 1. The number of hydrogen-bond donors (Lipinski definition) is 1. The van der Waals surface area contributed by atoms with E-state index in [1.165, 1.54) is 31.1 Å². The second-order valence-electron chi connectivity index (χ2n) is 5.13. The van der Waals surface area contributed by atoms with Crippen molar-refractivity contribution in [2.75, 3.05) is 11.9 Å². The maximum absolute atomic E-state index is 11.8. The molecule has 1 aromatic rings. The van der Waals surface area contributed by atoms with Crippen molar-refractivity contribution in [2.24, 2.45) is 5.92 Å². The molecule has 1 fully saturated rings. The summed E-state index contributed by atoms with van der Waals surface area (Å²) in [6.07, 6.45) is 3.51. The lowest BCUT2D eigenvalue weighted by Gasteiger charge is -2.15. The summed E-state index contributed by atoms with van der Waals surface area (Å²) in [6, 6.07) is 0.371. The Hall–Kier alpha value is -1.43. The number of carbonyl (C=O) groups is 2. The number of rotatable bonds is 5. The molecule has 1 aliphatic carbocycles. The highest BCUT2D eigenvalue weighted by atomic mass is 32.1. The molecule has 1 aliphatic rings. The first-order chi connectivity index (χ1) is 9.52. The van der Waals surface area contributed by atoms with E-state index in [1.54, 1.807) is 6.92 Å². The van der Waals surface area contributed by atoms with E-state index < -0.39 is 5.97 Å². The second kappa shape index (κ2) is 6.35. The summed E-state index contributed by atoms with van der Waals surface area (Å²) in [5, 5.41) is 3.99. The van der Waals surface area contributed by atoms with Crippen molar-refractivity contribution in [1.82, 2.24) is 4.98 Å². The van der Waals surface area contributed by atoms with E-state index in [4.69, 9.17) is 4.74 Å². The maximum atomic E-state index is 11.8. The molecule has 1 aromatic heterocycles. The summed E-state index contributed by atoms with van der Waals surface area (Å²) in [5.74, 6) is -0.0923. The van der Waals surface area contributed by atoms with Crippen LogP contribution in [-0.2, 0) is 4.74 Å². The van der Waals surface area contributed by atoms with Gasteiger partial charge in [0.25, 0.3) is 0 Å². The van der Waals surface area contributed by atoms with Crippen LogP contribution in [0.25, 0.3) is 0 Å². The third-order valence-electron chi connectivity index (χ3n) is 3.59. The molecule has 2 atom stereocenters. The van der Waals surface area contributed by atoms with Gasteiger partial charge in [0, 0.05) is 13.0 Å². The Morgan fingerprint density at radius 1 is 1.45 bits per heavy atom. The highest BCUT2D eigenvalue weighted by molar-refractivity contribution is 7.17. The Balaban J connectivity index is 2.20. The lowest BCUT2D eigenvalue weighted by molar-refractivity contribution is 0.0517. The van der Waals surface area contributed by atoms with E-state index in [-0.39, 0.29) is 18.1 Å². The zero-order valence-corrected chi connectivity index (χ0v) is 12.9. The lowest BCUT2D eigenvalue weighted by atomic mass is 10.1. The third kappa shape index (κ3) is 3.17. The highest BCUT2D eigenvalue weighted by Gasteiger charge is 2.27. The molecule has 1 N–H and O–H groups in total. The summed E-state index contributed by atoms with van der Waals surface area (Å²) >= 11 is 1.24. The molecule has 0 amide bonds. The number of thiazole rings is 1. The van der Waals surface area contributed by atoms with Crippen molar-refractivity contribution in [3.8, 4) is 0 Å². The van der Waals surface area contributed by atoms with Gasteiger partial charge in [-0.2, -0.15) is 0 Å². The molecule has 2 rings (SSSR count). The zero-order chi connectivity index (χ0) is 14.7. The number of hydrogen-bond acceptors (Lipinski definition) is 6. The van der Waals surface area contributed by atoms with Gasteiger partial charge in [-0.1, -0.05) is 24.7 Å². The van der Waals surface area contributed by atoms with Crippen LogP contribution >= 0.6 is 11.3 Å². The Morgan fingerprint density at radius 3 is 2.75 bits per heavy atom. The summed E-state index contributed by atoms with van der Waals surface area (Å²) < 4.78 is 4.95. The molecular formula is C14H20N2O3S. The number of carbonyl (C=O) groups excluding carboxylic acids is 2. The average Bonchev–Trinajstić information content (AvgIpc) is 2.98. The van der Waals surface area contributed by atoms with Gasteiger partial charge in [-0.15, -0.1) is 0 Å². The van der Waals surface area contributed by atoms with E-state index in [2.05, 4.69) is 17.2 Å². The summed E-state index contributed by atoms with van der Waals surface area (Å²) in [6.45, 7) is 5.65. The largest absolute Gasteiger partial charge is 0.461 e. The molecule has 0 bridgehead atoms. The predicted molar refractivity (Wildman–Crippen MR) is 78.5 cm³/mol. The van der Waals surface area contributed by atoms with Crippen molar-refractivity contribution in [3.63, 3.8) is 0 Å². The van der Waals surface area contributed by atoms with Crippen molar-refractivity contribution in [3.05, 3.63) is 10.6 Å². The smallest absolute Gasteiger partial charge is 0.358 e. The quantitative estimate of drug-likeness (QED) is 0.668. The fourth-order valence-corrected chi connectivity index (χ4v) is 3.39. The summed E-state index contributed by atoms with van der Waals surface area (Å²) in [5.41, 5.74) is 0.137. The topological polar surface area (TPSA) is 68.3 Å². The van der Waals surface area contributed by atoms with E-state index in [0.29, 0.717) is 22.0 Å². The summed E-state index contributed by atoms with van der Waals surface area (Å²) in [4.78, 5) is 28.1. The number of Topliss-reactive ketones (excluding diaryl/α,β-unsaturated/α-hetero) is 1. The van der Waals surface area contributed by atoms with Crippen molar-refractivity contribution >= 4 is 28.2 Å². The fraction of sp³-hybridized carbons (Fsp3) is 0.643. The molecule has 0 aromatic carbocycles. The number of anilines is 1. The normalized spacial score (nSPS) is 21.8. The van der Waals surface area contributed by atoms with Crippen LogP contribution in [0.3, 0.4) is 0 Å². The van der Waals surface area contributed by atoms with E-state index in [1.807, 2.05) is 0 Å². The van der Waals surface area contributed by atoms with Gasteiger partial charge in [-0.05, 0) is 25.7 Å². The van der Waals surface area contributed by atoms with Crippen LogP contribution in [0.1, 0.15) is 60.2 Å². The Bertz CT molecular complexity index is 513. The van der Waals surface area contributed by atoms with Gasteiger partial charge < -0.3 is 10.1 Å². The van der Waals surface area contributed by atoms with Crippen LogP contribution in [-0.4, -0.2) is 29.4 Å². The van der Waals surface area contributed by atoms with Gasteiger partial charge in [0.1, 0.15) is 4.88 Å². The molecule has 5 nitrogen and oxygen atoms in total. The average molecular weight is 296 g/mol. The molecule has 2 unspecified atom stereocenters. The number of aromatic nitrogens is 1. The first kappa shape index (κ1) is 15.0. The van der Waals surface area contributed by atoms with E-state index in [0.717, 1.165) is 6.42 Å². The Labute approximate surface area is 122 Å². The molecule has 110 valence electrons. The molecule has 1 saturated carbocycles. The maximum Gasteiger partial charge on any atom is 0.358 e. The zero-order valence-electron chi connectivity index (χ0n) is 12.1. The molecule has 0 radical (unpaired) electrons. The van der Waals surface area contributed by atoms with Crippen molar-refractivity contribution < 1.29 is 14.3 Å². The minimum absolute atomic E-state index is 0.137. The van der Waals surface area contributed by atoms with Crippen LogP contribution in [0.2, 0.25) is 0 Å². The molecular weight excluding hydrogens is 276 g/mol. The minimum Gasteiger partial charge on any atom is -0.461 e. The first-order valence-electron chi connectivity index (χ1n) is 6.98. The van der Waals surface area contributed by atoms with Gasteiger partial charge in [-0.25, -0.2) is 9.78 Å². The van der Waals surface area contributed by atoms with Crippen molar-refractivity contribution in [2.45, 2.75) is 46.1 Å². The number of ether oxygens (including phenoxy) is 1. The number of esters is 1. The molecule has 0 saturated heterocycles. The molecule has 1 heterocycles. The molecule has 0 spiro atoms. The van der Waals surface area contributed by atoms with Crippen LogP contribution in [0.4, 0.5) is 5.13 Å². The van der Waals surface area contributed by atoms with Crippen LogP contribution in [0, 0.1) is 5.92 Å². The fourth-order valence-electron chi connectivity index (χ4n) is 2.48. The van der Waals surface area contributed by atoms with Gasteiger partial charge in [0.05, 0.1) is 6.61 Å². The molecule has 0 aliphatic heterocycles. The van der Waals surface area contributed by atoms with E-state index >= 15 is 0 Å². The first-order valence-corrected chi connectivity index (χ1v) is 7.80. The Morgan fingerprint density at radius 2 is 2.20 bits per heavy atom. The van der Waals surface area contributed by atoms with Crippen LogP contribution in [0.5, 0.6) is 0 Å². The monoisotopic (exact) mass is 296 g/mol. The number of nitrogens with one attached hydrogen (secondary N) is 1. The standard InChI is InChI=1S/C14H20N2O3S/c1-4-19-13(18)11-12(9(3)17)20-14(16-11)15-10-7-5-6-8(10)2/h8,10H,4-7H2,1-3H3,(H,15,16). The SMILES string of the molecule is CCOC(=O)c1nc(NC2CCCC2C)sc1C(C)=O. The van der Waals surface area contributed by atoms with Gasteiger partial charge in [0.15, 0.2) is 16.6 Å². The minimum atomic E-state index is -0.526. The molecule has 6 heteroatoms. The Kier molecular flexibility index (Phi) is 4.75. The van der Waals surface area contributed by atoms with Crippen LogP contribution < -0.4 is 5.32 Å². The number of nitrogens with zero attached hydrogens (tertiary/aromatic N) is 1. The van der Waals surface area contributed by atoms with E-state index in [9.17, 15) is 9.59 Å².